The topological polar surface area (TPSA) is 100 Å². The number of ether oxygens (including phenoxy) is 1. The number of fused-ring (bicyclic) bond motifs is 1. The summed E-state index contributed by atoms with van der Waals surface area (Å²) in [6.45, 7) is 5.64. The summed E-state index contributed by atoms with van der Waals surface area (Å²) in [6.07, 6.45) is 0.643. The maximum atomic E-state index is 13.5. The first-order valence-corrected chi connectivity index (χ1v) is 12.0. The molecule has 1 atom stereocenters. The van der Waals surface area contributed by atoms with Gasteiger partial charge in [-0.15, -0.1) is 0 Å². The summed E-state index contributed by atoms with van der Waals surface area (Å²) in [5, 5.41) is 5.40. The Hall–Kier alpha value is -3.99. The van der Waals surface area contributed by atoms with E-state index in [0.29, 0.717) is 29.0 Å². The second-order valence-corrected chi connectivity index (χ2v) is 9.94. The molecule has 0 radical (unpaired) electrons. The fraction of sp³-hybridized carbons (Fsp3) is 0.333. The standard InChI is InChI=1S/C27H29F3N6O2/c1-17-14-35(16-33-17)23-10-9-18(11-24(23)38-4)21(34-31)13-32-19-12-26(2,3)20-7-5-6-8-22(20)36(15-19)25(37)27(28,29)30/h5-11,13-14,16,19,31-32H,12,15H2,1-4H3/p+1/b21-13-,34-31?. The average Bonchev–Trinajstić information content (AvgIpc) is 3.27. The van der Waals surface area contributed by atoms with E-state index in [1.54, 1.807) is 54.2 Å². The van der Waals surface area contributed by atoms with E-state index in [1.165, 1.54) is 7.11 Å². The maximum Gasteiger partial charge on any atom is 0.471 e. The van der Waals surface area contributed by atoms with E-state index in [1.807, 2.05) is 37.6 Å². The van der Waals surface area contributed by atoms with Gasteiger partial charge in [0.25, 0.3) is 0 Å². The highest BCUT2D eigenvalue weighted by Gasteiger charge is 2.47. The number of hydrogen-bond donors (Lipinski definition) is 2. The minimum atomic E-state index is -5.00. The van der Waals surface area contributed by atoms with Crippen molar-refractivity contribution in [2.24, 2.45) is 5.11 Å². The lowest BCUT2D eigenvalue weighted by atomic mass is 9.79. The van der Waals surface area contributed by atoms with Gasteiger partial charge in [-0.2, -0.15) is 18.3 Å². The van der Waals surface area contributed by atoms with Gasteiger partial charge in [0, 0.05) is 23.9 Å². The van der Waals surface area contributed by atoms with E-state index in [-0.39, 0.29) is 12.2 Å². The Bertz CT molecular complexity index is 1380. The van der Waals surface area contributed by atoms with Gasteiger partial charge in [-0.25, -0.2) is 10.5 Å². The average molecular weight is 528 g/mol. The molecule has 200 valence electrons. The molecule has 0 saturated heterocycles. The molecule has 1 amide bonds. The summed E-state index contributed by atoms with van der Waals surface area (Å²) in [4.78, 5) is 17.5. The number of nitrogens with zero attached hydrogens (tertiary/aromatic N) is 4. The molecule has 8 nitrogen and oxygen atoms in total. The predicted molar refractivity (Wildman–Crippen MR) is 136 cm³/mol. The number of alkyl halides is 3. The number of nitrogens with one attached hydrogen (secondary N) is 1. The highest BCUT2D eigenvalue weighted by Crippen LogP contribution is 2.39. The first-order chi connectivity index (χ1) is 17.9. The Morgan fingerprint density at radius 3 is 2.61 bits per heavy atom. The lowest BCUT2D eigenvalue weighted by molar-refractivity contribution is -0.624. The maximum absolute atomic E-state index is 13.5. The van der Waals surface area contributed by atoms with Crippen LogP contribution in [-0.4, -0.2) is 41.3 Å². The third-order valence-electron chi connectivity index (χ3n) is 6.71. The van der Waals surface area contributed by atoms with Crippen LogP contribution in [0.2, 0.25) is 0 Å². The molecule has 1 aliphatic rings. The summed E-state index contributed by atoms with van der Waals surface area (Å²) < 4.78 is 48.0. The Morgan fingerprint density at radius 1 is 1.24 bits per heavy atom. The molecule has 3 N–H and O–H groups in total. The van der Waals surface area contributed by atoms with E-state index in [0.717, 1.165) is 16.3 Å². The zero-order valence-corrected chi connectivity index (χ0v) is 21.6. The zero-order valence-electron chi connectivity index (χ0n) is 21.6. The van der Waals surface area contributed by atoms with Gasteiger partial charge in [0.15, 0.2) is 0 Å². The van der Waals surface area contributed by atoms with Gasteiger partial charge >= 0.3 is 12.1 Å². The molecule has 0 fully saturated rings. The molecular formula is C27H30F3N6O2+. The number of benzene rings is 2. The van der Waals surface area contributed by atoms with Crippen LogP contribution in [0.5, 0.6) is 5.75 Å². The summed E-state index contributed by atoms with van der Waals surface area (Å²) in [7, 11) is 1.54. The lowest BCUT2D eigenvalue weighted by Gasteiger charge is -2.27. The number of methoxy groups -OCH3 is 1. The van der Waals surface area contributed by atoms with Crippen molar-refractivity contribution in [1.82, 2.24) is 9.55 Å². The first-order valence-electron chi connectivity index (χ1n) is 12.0. The quantitative estimate of drug-likeness (QED) is 0.454. The number of carbonyl (C=O) groups is 1. The lowest BCUT2D eigenvalue weighted by Crippen LogP contribution is -2.87. The van der Waals surface area contributed by atoms with Crippen LogP contribution < -0.4 is 15.0 Å². The molecule has 0 bridgehead atoms. The number of carbonyl (C=O) groups excluding carboxylic acids is 1. The SMILES string of the molecule is COc1cc(/C(=C/[NH2+]C2CN(C(=O)C(F)(F)F)c3ccccc3C(C)(C)C2)N=N)ccc1-n1cnc(C)c1. The molecular weight excluding hydrogens is 497 g/mol. The van der Waals surface area contributed by atoms with E-state index in [9.17, 15) is 18.0 Å². The molecule has 3 aromatic rings. The fourth-order valence-corrected chi connectivity index (χ4v) is 4.95. The molecule has 0 aliphatic carbocycles. The van der Waals surface area contributed by atoms with Gasteiger partial charge in [-0.05, 0) is 36.1 Å². The van der Waals surface area contributed by atoms with Crippen LogP contribution in [0.4, 0.5) is 18.9 Å². The van der Waals surface area contributed by atoms with Crippen molar-refractivity contribution in [2.45, 2.75) is 44.8 Å². The minimum Gasteiger partial charge on any atom is -0.495 e. The predicted octanol–water partition coefficient (Wildman–Crippen LogP) is 4.73. The molecule has 1 aliphatic heterocycles. The minimum absolute atomic E-state index is 0.150. The number of aromatic nitrogens is 2. The van der Waals surface area contributed by atoms with Crippen molar-refractivity contribution < 1.29 is 28.0 Å². The molecule has 4 rings (SSSR count). The Morgan fingerprint density at radius 2 is 1.97 bits per heavy atom. The number of aryl methyl sites for hydroxylation is 1. The number of amides is 1. The van der Waals surface area contributed by atoms with Gasteiger partial charge in [0.2, 0.25) is 0 Å². The van der Waals surface area contributed by atoms with Crippen molar-refractivity contribution in [3.05, 3.63) is 78.0 Å². The number of hydrogen-bond acceptors (Lipinski definition) is 5. The smallest absolute Gasteiger partial charge is 0.471 e. The molecule has 0 spiro atoms. The molecule has 38 heavy (non-hydrogen) atoms. The van der Waals surface area contributed by atoms with E-state index < -0.39 is 23.5 Å². The number of rotatable bonds is 6. The molecule has 2 aromatic carbocycles. The zero-order chi connectivity index (χ0) is 27.7. The molecule has 11 heteroatoms. The summed E-state index contributed by atoms with van der Waals surface area (Å²) in [5.41, 5.74) is 10.7. The van der Waals surface area contributed by atoms with Crippen molar-refractivity contribution in [2.75, 3.05) is 18.6 Å². The third kappa shape index (κ3) is 5.47. The third-order valence-corrected chi connectivity index (χ3v) is 6.71. The number of imidazole rings is 1. The second kappa shape index (κ2) is 10.4. The Kier molecular flexibility index (Phi) is 7.41. The van der Waals surface area contributed by atoms with Gasteiger partial charge in [0.1, 0.15) is 23.7 Å². The highest BCUT2D eigenvalue weighted by atomic mass is 19.4. The number of anilines is 1. The van der Waals surface area contributed by atoms with Crippen molar-refractivity contribution >= 4 is 17.3 Å². The largest absolute Gasteiger partial charge is 0.495 e. The molecule has 1 aromatic heterocycles. The van der Waals surface area contributed by atoms with E-state index >= 15 is 0 Å². The molecule has 1 unspecified atom stereocenters. The summed E-state index contributed by atoms with van der Waals surface area (Å²) >= 11 is 0. The van der Waals surface area contributed by atoms with Crippen LogP contribution >= 0.6 is 0 Å². The Balaban J connectivity index is 1.65. The molecule has 2 heterocycles. The number of quaternary nitrogens is 1. The van der Waals surface area contributed by atoms with E-state index in [2.05, 4.69) is 10.1 Å². The summed E-state index contributed by atoms with van der Waals surface area (Å²) in [6, 6.07) is 11.7. The molecule has 0 saturated carbocycles. The van der Waals surface area contributed by atoms with Crippen LogP contribution in [0.1, 0.15) is 37.1 Å². The Labute approximate surface area is 218 Å². The summed E-state index contributed by atoms with van der Waals surface area (Å²) in [5.74, 6) is -1.35. The van der Waals surface area contributed by atoms with Crippen LogP contribution in [0.3, 0.4) is 0 Å². The van der Waals surface area contributed by atoms with Crippen LogP contribution in [-0.2, 0) is 10.2 Å². The highest BCUT2D eigenvalue weighted by molar-refractivity contribution is 5.98. The first kappa shape index (κ1) is 27.1. The number of nitrogens with two attached hydrogens (primary N) is 1. The van der Waals surface area contributed by atoms with Gasteiger partial charge in [0.05, 0.1) is 31.4 Å². The van der Waals surface area contributed by atoms with Crippen LogP contribution in [0.15, 0.2) is 66.3 Å². The van der Waals surface area contributed by atoms with Gasteiger partial charge in [-0.3, -0.25) is 9.69 Å². The normalized spacial score (nSPS) is 17.5. The van der Waals surface area contributed by atoms with Crippen molar-refractivity contribution in [3.8, 4) is 11.4 Å². The van der Waals surface area contributed by atoms with Crippen molar-refractivity contribution in [3.63, 3.8) is 0 Å². The number of halogens is 3. The van der Waals surface area contributed by atoms with Gasteiger partial charge < -0.3 is 14.6 Å². The second-order valence-electron chi connectivity index (χ2n) is 9.94. The van der Waals surface area contributed by atoms with Crippen LogP contribution in [0.25, 0.3) is 11.4 Å². The monoisotopic (exact) mass is 527 g/mol. The number of para-hydroxylation sites is 1. The van der Waals surface area contributed by atoms with E-state index in [4.69, 9.17) is 10.3 Å². The van der Waals surface area contributed by atoms with Gasteiger partial charge in [-0.1, -0.05) is 38.1 Å². The van der Waals surface area contributed by atoms with Crippen LogP contribution in [0, 0.1) is 12.5 Å². The van der Waals surface area contributed by atoms with Crippen molar-refractivity contribution in [1.29, 1.82) is 5.53 Å². The fourth-order valence-electron chi connectivity index (χ4n) is 4.95.